The van der Waals surface area contributed by atoms with E-state index in [2.05, 4.69) is 5.32 Å². The van der Waals surface area contributed by atoms with Crippen molar-refractivity contribution in [1.29, 1.82) is 0 Å². The third kappa shape index (κ3) is 3.80. The Morgan fingerprint density at radius 3 is 2.24 bits per heavy atom. The third-order valence-corrected chi connectivity index (χ3v) is 5.43. The molecule has 0 aliphatic heterocycles. The predicted octanol–water partition coefficient (Wildman–Crippen LogP) is 4.57. The van der Waals surface area contributed by atoms with E-state index >= 15 is 0 Å². The summed E-state index contributed by atoms with van der Waals surface area (Å²) in [6.07, 6.45) is 0.389. The summed E-state index contributed by atoms with van der Waals surface area (Å²) in [5, 5.41) is 2.81. The lowest BCUT2D eigenvalue weighted by Crippen LogP contribution is -2.21. The molecule has 1 fully saturated rings. The van der Waals surface area contributed by atoms with Gasteiger partial charge in [0.05, 0.1) is 0 Å². The summed E-state index contributed by atoms with van der Waals surface area (Å²) < 4.78 is 4.24. The lowest BCUT2D eigenvalue weighted by molar-refractivity contribution is -0.150. The van der Waals surface area contributed by atoms with Crippen molar-refractivity contribution in [3.8, 4) is 0 Å². The molecule has 6 heteroatoms. The Labute approximate surface area is 156 Å². The summed E-state index contributed by atoms with van der Waals surface area (Å²) in [6, 6.07) is 16.1. The third-order valence-electron chi connectivity index (χ3n) is 4.33. The number of carbonyl (C=O) groups excluding carboxylic acids is 2. The van der Waals surface area contributed by atoms with Gasteiger partial charge >= 0.3 is 5.97 Å². The number of alkyl halides is 2. The van der Waals surface area contributed by atoms with Crippen LogP contribution < -0.4 is 5.32 Å². The van der Waals surface area contributed by atoms with Crippen molar-refractivity contribution >= 4 is 40.8 Å². The molecule has 0 unspecified atom stereocenters. The van der Waals surface area contributed by atoms with Gasteiger partial charge < -0.3 is 10.1 Å². The van der Waals surface area contributed by atoms with Crippen LogP contribution in [0.3, 0.4) is 0 Å². The number of halogens is 2. The zero-order chi connectivity index (χ0) is 18.1. The van der Waals surface area contributed by atoms with Gasteiger partial charge in [0.1, 0.15) is 16.4 Å². The predicted molar refractivity (Wildman–Crippen MR) is 97.8 cm³/mol. The number of carbonyl (C=O) groups is 2. The van der Waals surface area contributed by atoms with Crippen LogP contribution in [-0.4, -0.2) is 16.2 Å². The van der Waals surface area contributed by atoms with Gasteiger partial charge in [0, 0.05) is 17.7 Å². The molecular weight excluding hydrogens is 361 g/mol. The summed E-state index contributed by atoms with van der Waals surface area (Å²) in [7, 11) is 0. The zero-order valence-corrected chi connectivity index (χ0v) is 15.1. The number of nitrogens with one attached hydrogen (secondary N) is 1. The lowest BCUT2D eigenvalue weighted by atomic mass is 10.1. The number of benzene rings is 2. The first kappa shape index (κ1) is 17.8. The molecule has 0 radical (unpaired) electrons. The Morgan fingerprint density at radius 2 is 1.68 bits per heavy atom. The molecule has 1 aliphatic rings. The fourth-order valence-electron chi connectivity index (χ4n) is 2.41. The molecular formula is C19H17Cl2NO3. The van der Waals surface area contributed by atoms with Crippen molar-refractivity contribution in [2.45, 2.75) is 24.3 Å². The molecule has 3 rings (SSSR count). The van der Waals surface area contributed by atoms with Crippen LogP contribution in [0.2, 0.25) is 0 Å². The van der Waals surface area contributed by atoms with Crippen LogP contribution in [0, 0.1) is 5.41 Å². The van der Waals surface area contributed by atoms with Gasteiger partial charge in [-0.25, -0.2) is 0 Å². The highest BCUT2D eigenvalue weighted by Gasteiger charge is 2.69. The molecule has 0 spiro atoms. The Morgan fingerprint density at radius 1 is 1.08 bits per heavy atom. The maximum atomic E-state index is 12.2. The number of para-hydroxylation sites is 1. The molecule has 130 valence electrons. The maximum absolute atomic E-state index is 12.2. The summed E-state index contributed by atoms with van der Waals surface area (Å²) in [6.45, 7) is 1.80. The Hall–Kier alpha value is -2.04. The van der Waals surface area contributed by atoms with Crippen molar-refractivity contribution in [3.05, 3.63) is 65.7 Å². The number of anilines is 1. The summed E-state index contributed by atoms with van der Waals surface area (Å²) >= 11 is 11.9. The van der Waals surface area contributed by atoms with Crippen LogP contribution in [0.5, 0.6) is 0 Å². The van der Waals surface area contributed by atoms with E-state index in [9.17, 15) is 9.59 Å². The van der Waals surface area contributed by atoms with Crippen molar-refractivity contribution in [3.63, 3.8) is 0 Å². The van der Waals surface area contributed by atoms with E-state index in [1.54, 1.807) is 31.2 Å². The number of amides is 1. The molecule has 1 amide bonds. The lowest BCUT2D eigenvalue weighted by Gasteiger charge is -2.12. The quantitative estimate of drug-likeness (QED) is 0.613. The van der Waals surface area contributed by atoms with Gasteiger partial charge in [-0.15, -0.1) is 23.2 Å². The zero-order valence-electron chi connectivity index (χ0n) is 13.6. The number of hydrogen-bond acceptors (Lipinski definition) is 3. The average molecular weight is 378 g/mol. The van der Waals surface area contributed by atoms with Gasteiger partial charge in [0.2, 0.25) is 0 Å². The van der Waals surface area contributed by atoms with E-state index in [4.69, 9.17) is 27.9 Å². The minimum atomic E-state index is -1.04. The SMILES string of the molecule is C[C@]1(C(=O)OCc2ccc(C(=O)Nc3ccccc3)cc2)CC1(Cl)Cl. The van der Waals surface area contributed by atoms with Gasteiger partial charge in [0.15, 0.2) is 0 Å². The van der Waals surface area contributed by atoms with Gasteiger partial charge in [-0.1, -0.05) is 30.3 Å². The molecule has 2 aromatic carbocycles. The second-order valence-electron chi connectivity index (χ2n) is 6.31. The second kappa shape index (κ2) is 6.70. The first-order chi connectivity index (χ1) is 11.8. The van der Waals surface area contributed by atoms with Crippen LogP contribution in [0.25, 0.3) is 0 Å². The van der Waals surface area contributed by atoms with Crippen molar-refractivity contribution in [2.75, 3.05) is 5.32 Å². The maximum Gasteiger partial charge on any atom is 0.315 e. The van der Waals surface area contributed by atoms with Crippen molar-refractivity contribution < 1.29 is 14.3 Å². The molecule has 1 atom stereocenters. The molecule has 1 saturated carbocycles. The van der Waals surface area contributed by atoms with Crippen LogP contribution in [-0.2, 0) is 16.1 Å². The molecule has 0 bridgehead atoms. The van der Waals surface area contributed by atoms with Gasteiger partial charge in [-0.05, 0) is 36.8 Å². The molecule has 25 heavy (non-hydrogen) atoms. The molecule has 4 nitrogen and oxygen atoms in total. The highest BCUT2D eigenvalue weighted by atomic mass is 35.5. The number of hydrogen-bond donors (Lipinski definition) is 1. The van der Waals surface area contributed by atoms with Crippen molar-refractivity contribution in [2.24, 2.45) is 5.41 Å². The average Bonchev–Trinajstić information content (AvgIpc) is 3.13. The van der Waals surface area contributed by atoms with Gasteiger partial charge in [0.25, 0.3) is 5.91 Å². The summed E-state index contributed by atoms with van der Waals surface area (Å²) in [5.74, 6) is -0.613. The van der Waals surface area contributed by atoms with E-state index in [-0.39, 0.29) is 12.5 Å². The number of ether oxygens (including phenoxy) is 1. The smallest absolute Gasteiger partial charge is 0.315 e. The number of esters is 1. The van der Waals surface area contributed by atoms with Gasteiger partial charge in [-0.2, -0.15) is 0 Å². The van der Waals surface area contributed by atoms with Crippen LogP contribution in [0.4, 0.5) is 5.69 Å². The van der Waals surface area contributed by atoms with E-state index < -0.39 is 15.7 Å². The van der Waals surface area contributed by atoms with E-state index in [1.165, 1.54) is 0 Å². The highest BCUT2D eigenvalue weighted by Crippen LogP contribution is 2.64. The first-order valence-corrected chi connectivity index (χ1v) is 8.58. The van der Waals surface area contributed by atoms with Crippen LogP contribution in [0.1, 0.15) is 29.3 Å². The Balaban J connectivity index is 1.55. The molecule has 0 saturated heterocycles. The fourth-order valence-corrected chi connectivity index (χ4v) is 3.10. The summed E-state index contributed by atoms with van der Waals surface area (Å²) in [5.41, 5.74) is 1.19. The minimum Gasteiger partial charge on any atom is -0.460 e. The topological polar surface area (TPSA) is 55.4 Å². The monoisotopic (exact) mass is 377 g/mol. The van der Waals surface area contributed by atoms with Crippen LogP contribution >= 0.6 is 23.2 Å². The van der Waals surface area contributed by atoms with Crippen molar-refractivity contribution in [1.82, 2.24) is 0 Å². The number of rotatable bonds is 5. The molecule has 1 N–H and O–H groups in total. The van der Waals surface area contributed by atoms with E-state index in [0.717, 1.165) is 11.3 Å². The normalized spacial score (nSPS) is 20.6. The standard InChI is InChI=1S/C19H17Cl2NO3/c1-18(12-19(18,20)21)17(24)25-11-13-7-9-14(10-8-13)16(23)22-15-5-3-2-4-6-15/h2-10H,11-12H2,1H3,(H,22,23)/t18-/m1/s1. The second-order valence-corrected chi connectivity index (χ2v) is 7.79. The van der Waals surface area contributed by atoms with Gasteiger partial charge in [-0.3, -0.25) is 9.59 Å². The Kier molecular flexibility index (Phi) is 4.76. The summed E-state index contributed by atoms with van der Waals surface area (Å²) in [4.78, 5) is 24.2. The first-order valence-electron chi connectivity index (χ1n) is 7.82. The molecule has 2 aromatic rings. The fraction of sp³-hybridized carbons (Fsp3) is 0.263. The molecule has 1 aliphatic carbocycles. The van der Waals surface area contributed by atoms with E-state index in [1.807, 2.05) is 30.3 Å². The largest absolute Gasteiger partial charge is 0.460 e. The molecule has 0 heterocycles. The van der Waals surface area contributed by atoms with E-state index in [0.29, 0.717) is 12.0 Å². The van der Waals surface area contributed by atoms with Crippen LogP contribution in [0.15, 0.2) is 54.6 Å². The Bertz CT molecular complexity index is 790. The highest BCUT2D eigenvalue weighted by molar-refractivity contribution is 6.53. The molecule has 0 aromatic heterocycles. The minimum absolute atomic E-state index is 0.110.